The van der Waals surface area contributed by atoms with Crippen LogP contribution in [0, 0.1) is 5.92 Å². The summed E-state index contributed by atoms with van der Waals surface area (Å²) in [6.07, 6.45) is 4.83. The van der Waals surface area contributed by atoms with E-state index in [4.69, 9.17) is 9.72 Å². The van der Waals surface area contributed by atoms with Gasteiger partial charge in [0.1, 0.15) is 5.75 Å². The molecule has 2 aliphatic heterocycles. The van der Waals surface area contributed by atoms with Crippen molar-refractivity contribution in [1.29, 1.82) is 0 Å². The Labute approximate surface area is 214 Å². The Hall–Kier alpha value is -2.16. The summed E-state index contributed by atoms with van der Waals surface area (Å²) < 4.78 is 5.62. The number of carbonyl (C=O) groups excluding carboxylic acids is 1. The molecule has 1 atom stereocenters. The molecule has 1 N–H and O–H groups in total. The molecule has 2 amide bonds. The van der Waals surface area contributed by atoms with Crippen molar-refractivity contribution in [2.45, 2.75) is 45.4 Å². The molecule has 1 aromatic carbocycles. The molecule has 2 aromatic rings. The minimum atomic E-state index is -0.0549. The lowest BCUT2D eigenvalue weighted by atomic mass is 9.92. The average molecular weight is 500 g/mol. The molecule has 35 heavy (non-hydrogen) atoms. The normalized spacial score (nSPS) is 19.8. The fourth-order valence-corrected chi connectivity index (χ4v) is 6.19. The second-order valence-corrected chi connectivity index (χ2v) is 10.9. The highest BCUT2D eigenvalue weighted by Crippen LogP contribution is 2.36. The van der Waals surface area contributed by atoms with Crippen LogP contribution in [0.5, 0.6) is 5.75 Å². The Balaban J connectivity index is 1.34. The number of amides is 2. The van der Waals surface area contributed by atoms with Crippen LogP contribution in [0.25, 0.3) is 11.3 Å². The number of ether oxygens (including phenoxy) is 1. The first kappa shape index (κ1) is 25.9. The number of likely N-dealkylation sites (tertiary alicyclic amines) is 1. The molecular formula is C27H41N5O2S. The Bertz CT molecular complexity index is 968. The summed E-state index contributed by atoms with van der Waals surface area (Å²) in [5, 5.41) is 5.66. The van der Waals surface area contributed by atoms with Crippen LogP contribution >= 0.6 is 11.3 Å². The van der Waals surface area contributed by atoms with Crippen LogP contribution in [0.2, 0.25) is 0 Å². The minimum absolute atomic E-state index is 0.0549. The number of benzene rings is 1. The van der Waals surface area contributed by atoms with Gasteiger partial charge >= 0.3 is 6.03 Å². The highest BCUT2D eigenvalue weighted by molar-refractivity contribution is 7.14. The van der Waals surface area contributed by atoms with Gasteiger partial charge in [0.15, 0.2) is 5.13 Å². The lowest BCUT2D eigenvalue weighted by molar-refractivity contribution is 0.109. The SMILES string of the molecule is CCC(CC)c1ccc(OC)c(-c2csc(NC(=O)N3CCN(CC4CCCN(C)C4)CC3)n2)c1. The number of nitrogens with one attached hydrogen (secondary N) is 1. The van der Waals surface area contributed by atoms with E-state index in [1.54, 1.807) is 7.11 Å². The Morgan fingerprint density at radius 2 is 1.97 bits per heavy atom. The van der Waals surface area contributed by atoms with E-state index in [9.17, 15) is 4.79 Å². The van der Waals surface area contributed by atoms with E-state index < -0.39 is 0 Å². The number of hydrogen-bond donors (Lipinski definition) is 1. The number of thiazole rings is 1. The second-order valence-electron chi connectivity index (χ2n) is 10.00. The average Bonchev–Trinajstić information content (AvgIpc) is 3.33. The van der Waals surface area contributed by atoms with Crippen molar-refractivity contribution in [2.24, 2.45) is 5.92 Å². The van der Waals surface area contributed by atoms with Crippen molar-refractivity contribution < 1.29 is 9.53 Å². The maximum absolute atomic E-state index is 12.9. The number of methoxy groups -OCH3 is 1. The standard InChI is InChI=1S/C27H41N5O2S/c1-5-21(6-2)22-9-10-25(34-4)23(16-22)24-19-35-26(28-24)29-27(33)32-14-12-31(13-15-32)18-20-8-7-11-30(3)17-20/h9-10,16,19-21H,5-8,11-15,17-18H2,1-4H3,(H,28,29,33). The van der Waals surface area contributed by atoms with Crippen molar-refractivity contribution in [3.63, 3.8) is 0 Å². The van der Waals surface area contributed by atoms with Gasteiger partial charge in [-0.25, -0.2) is 9.78 Å². The number of carbonyl (C=O) groups is 1. The maximum Gasteiger partial charge on any atom is 0.323 e. The molecule has 1 unspecified atom stereocenters. The third-order valence-corrected chi connectivity index (χ3v) is 8.33. The molecule has 0 aliphatic carbocycles. The van der Waals surface area contributed by atoms with Gasteiger partial charge in [-0.3, -0.25) is 10.2 Å². The first-order valence-corrected chi connectivity index (χ1v) is 14.0. The second kappa shape index (κ2) is 12.2. The van der Waals surface area contributed by atoms with E-state index in [1.807, 2.05) is 16.3 Å². The molecule has 2 saturated heterocycles. The zero-order valence-corrected chi connectivity index (χ0v) is 22.6. The van der Waals surface area contributed by atoms with Gasteiger partial charge in [0.2, 0.25) is 0 Å². The molecule has 2 aliphatic rings. The number of nitrogens with zero attached hydrogens (tertiary/aromatic N) is 4. The van der Waals surface area contributed by atoms with Gasteiger partial charge in [0.05, 0.1) is 12.8 Å². The fraction of sp³-hybridized carbons (Fsp3) is 0.630. The largest absolute Gasteiger partial charge is 0.496 e. The number of piperazine rings is 1. The van der Waals surface area contributed by atoms with E-state index in [-0.39, 0.29) is 6.03 Å². The summed E-state index contributed by atoms with van der Waals surface area (Å²) >= 11 is 1.47. The van der Waals surface area contributed by atoms with Crippen LogP contribution in [0.4, 0.5) is 9.93 Å². The number of aromatic nitrogens is 1. The predicted molar refractivity (Wildman–Crippen MR) is 145 cm³/mol. The quantitative estimate of drug-likeness (QED) is 0.540. The molecular weight excluding hydrogens is 458 g/mol. The van der Waals surface area contributed by atoms with Crippen LogP contribution in [-0.2, 0) is 0 Å². The van der Waals surface area contributed by atoms with Crippen LogP contribution < -0.4 is 10.1 Å². The Morgan fingerprint density at radius 3 is 2.66 bits per heavy atom. The van der Waals surface area contributed by atoms with Crippen molar-refractivity contribution in [3.05, 3.63) is 29.1 Å². The van der Waals surface area contributed by atoms with Crippen LogP contribution in [0.3, 0.4) is 0 Å². The van der Waals surface area contributed by atoms with Crippen molar-refractivity contribution in [2.75, 3.05) is 65.3 Å². The van der Waals surface area contributed by atoms with E-state index in [0.717, 1.165) is 68.5 Å². The van der Waals surface area contributed by atoms with Crippen LogP contribution in [0.1, 0.15) is 51.0 Å². The molecule has 8 heteroatoms. The van der Waals surface area contributed by atoms with Crippen LogP contribution in [-0.4, -0.2) is 85.7 Å². The first-order valence-electron chi connectivity index (χ1n) is 13.1. The molecule has 192 valence electrons. The monoisotopic (exact) mass is 499 g/mol. The Morgan fingerprint density at radius 1 is 1.20 bits per heavy atom. The predicted octanol–water partition coefficient (Wildman–Crippen LogP) is 5.21. The van der Waals surface area contributed by atoms with Gasteiger partial charge in [-0.2, -0.15) is 0 Å². The maximum atomic E-state index is 12.9. The van der Waals surface area contributed by atoms with Crippen molar-refractivity contribution >= 4 is 22.5 Å². The lowest BCUT2D eigenvalue weighted by Crippen LogP contribution is -2.51. The van der Waals surface area contributed by atoms with Gasteiger partial charge in [-0.05, 0) is 68.8 Å². The number of rotatable bonds is 8. The van der Waals surface area contributed by atoms with Crippen molar-refractivity contribution in [1.82, 2.24) is 19.7 Å². The van der Waals surface area contributed by atoms with E-state index in [2.05, 4.69) is 48.1 Å². The molecule has 3 heterocycles. The summed E-state index contributed by atoms with van der Waals surface area (Å²) in [6.45, 7) is 11.4. The lowest BCUT2D eigenvalue weighted by Gasteiger charge is -2.38. The molecule has 1 aromatic heterocycles. The van der Waals surface area contributed by atoms with E-state index >= 15 is 0 Å². The third-order valence-electron chi connectivity index (χ3n) is 7.57. The van der Waals surface area contributed by atoms with Gasteiger partial charge in [-0.1, -0.05) is 19.9 Å². The smallest absolute Gasteiger partial charge is 0.323 e. The number of urea groups is 1. The van der Waals surface area contributed by atoms with Gasteiger partial charge in [0, 0.05) is 50.2 Å². The number of anilines is 1. The molecule has 0 saturated carbocycles. The summed E-state index contributed by atoms with van der Waals surface area (Å²) in [5.74, 6) is 2.08. The topological polar surface area (TPSA) is 60.9 Å². The summed E-state index contributed by atoms with van der Waals surface area (Å²) in [7, 11) is 3.91. The van der Waals surface area contributed by atoms with Gasteiger partial charge in [0.25, 0.3) is 0 Å². The zero-order chi connectivity index (χ0) is 24.8. The first-order chi connectivity index (χ1) is 17.0. The highest BCUT2D eigenvalue weighted by atomic mass is 32.1. The molecule has 7 nitrogen and oxygen atoms in total. The minimum Gasteiger partial charge on any atom is -0.496 e. The molecule has 0 bridgehead atoms. The van der Waals surface area contributed by atoms with Crippen LogP contribution in [0.15, 0.2) is 23.6 Å². The fourth-order valence-electron chi connectivity index (χ4n) is 5.49. The molecule has 2 fully saturated rings. The molecule has 4 rings (SSSR count). The molecule has 0 radical (unpaired) electrons. The van der Waals surface area contributed by atoms with Gasteiger partial charge in [-0.15, -0.1) is 11.3 Å². The summed E-state index contributed by atoms with van der Waals surface area (Å²) in [6, 6.07) is 6.33. The summed E-state index contributed by atoms with van der Waals surface area (Å²) in [5.41, 5.74) is 3.13. The van der Waals surface area contributed by atoms with Gasteiger partial charge < -0.3 is 14.5 Å². The van der Waals surface area contributed by atoms with Crippen molar-refractivity contribution in [3.8, 4) is 17.0 Å². The van der Waals surface area contributed by atoms with E-state index in [0.29, 0.717) is 11.0 Å². The third kappa shape index (κ3) is 6.54. The molecule has 0 spiro atoms. The highest BCUT2D eigenvalue weighted by Gasteiger charge is 2.25. The number of piperidine rings is 1. The summed E-state index contributed by atoms with van der Waals surface area (Å²) in [4.78, 5) is 24.5. The zero-order valence-electron chi connectivity index (χ0n) is 21.8. The number of hydrogen-bond acceptors (Lipinski definition) is 6. The Kier molecular flexibility index (Phi) is 9.03. The van der Waals surface area contributed by atoms with E-state index in [1.165, 1.54) is 42.8 Å².